The molecule has 0 aliphatic heterocycles. The molecule has 0 spiro atoms. The van der Waals surface area contributed by atoms with E-state index < -0.39 is 0 Å². The van der Waals surface area contributed by atoms with Crippen molar-refractivity contribution in [3.63, 3.8) is 0 Å². The first-order chi connectivity index (χ1) is 15.1. The van der Waals surface area contributed by atoms with E-state index in [0.717, 1.165) is 28.6 Å². The minimum absolute atomic E-state index is 0.0208. The lowest BCUT2D eigenvalue weighted by molar-refractivity contribution is -0.121. The van der Waals surface area contributed by atoms with Gasteiger partial charge in [-0.2, -0.15) is 5.10 Å². The summed E-state index contributed by atoms with van der Waals surface area (Å²) in [5.41, 5.74) is 6.23. The molecule has 2 rings (SSSR count). The monoisotopic (exact) mass is 500 g/mol. The predicted octanol–water partition coefficient (Wildman–Crippen LogP) is 7.13. The van der Waals surface area contributed by atoms with E-state index in [2.05, 4.69) is 86.2 Å². The van der Waals surface area contributed by atoms with Gasteiger partial charge >= 0.3 is 0 Å². The molecule has 2 aromatic rings. The summed E-state index contributed by atoms with van der Waals surface area (Å²) in [6.45, 7) is 14.0. The first-order valence-electron chi connectivity index (χ1n) is 11.4. The highest BCUT2D eigenvalue weighted by Crippen LogP contribution is 2.38. The molecule has 0 unspecified atom stereocenters. The van der Waals surface area contributed by atoms with Crippen LogP contribution in [0.15, 0.2) is 52.0 Å². The SMILES string of the molecule is CCC(C)(C)c1ccc(OCCCC(=O)NN=Cc2ccccc2Br)c(C(C)(C)CC)c1. The maximum Gasteiger partial charge on any atom is 0.240 e. The molecule has 0 fully saturated rings. The molecule has 0 aliphatic carbocycles. The summed E-state index contributed by atoms with van der Waals surface area (Å²) in [4.78, 5) is 12.1. The number of hydrazone groups is 1. The van der Waals surface area contributed by atoms with E-state index in [4.69, 9.17) is 4.74 Å². The van der Waals surface area contributed by atoms with E-state index in [9.17, 15) is 4.79 Å². The van der Waals surface area contributed by atoms with Crippen LogP contribution < -0.4 is 10.2 Å². The van der Waals surface area contributed by atoms with Crippen LogP contribution in [0.4, 0.5) is 0 Å². The Morgan fingerprint density at radius 2 is 1.75 bits per heavy atom. The largest absolute Gasteiger partial charge is 0.493 e. The maximum atomic E-state index is 12.1. The van der Waals surface area contributed by atoms with Gasteiger partial charge in [-0.15, -0.1) is 0 Å². The van der Waals surface area contributed by atoms with E-state index in [-0.39, 0.29) is 16.7 Å². The fourth-order valence-corrected chi connectivity index (χ4v) is 3.61. The van der Waals surface area contributed by atoms with Crippen molar-refractivity contribution in [2.24, 2.45) is 5.10 Å². The first-order valence-corrected chi connectivity index (χ1v) is 12.2. The summed E-state index contributed by atoms with van der Waals surface area (Å²) in [7, 11) is 0. The van der Waals surface area contributed by atoms with E-state index >= 15 is 0 Å². The van der Waals surface area contributed by atoms with Crippen molar-refractivity contribution >= 4 is 28.1 Å². The summed E-state index contributed by atoms with van der Waals surface area (Å²) >= 11 is 3.46. The fraction of sp³-hybridized carbons (Fsp3) is 0.481. The van der Waals surface area contributed by atoms with Gasteiger partial charge in [0.15, 0.2) is 0 Å². The Morgan fingerprint density at radius 1 is 1.06 bits per heavy atom. The van der Waals surface area contributed by atoms with Gasteiger partial charge in [0.2, 0.25) is 5.91 Å². The van der Waals surface area contributed by atoms with Crippen LogP contribution in [0.25, 0.3) is 0 Å². The number of hydrogen-bond donors (Lipinski definition) is 1. The third-order valence-corrected chi connectivity index (χ3v) is 7.08. The van der Waals surface area contributed by atoms with Crippen LogP contribution in [0.1, 0.15) is 83.9 Å². The van der Waals surface area contributed by atoms with Gasteiger partial charge in [-0.1, -0.05) is 87.8 Å². The molecule has 1 N–H and O–H groups in total. The molecule has 174 valence electrons. The summed E-state index contributed by atoms with van der Waals surface area (Å²) in [6.07, 6.45) is 4.73. The van der Waals surface area contributed by atoms with Gasteiger partial charge < -0.3 is 4.74 Å². The molecule has 0 saturated heterocycles. The Balaban J connectivity index is 1.94. The summed E-state index contributed by atoms with van der Waals surface area (Å²) in [6, 6.07) is 14.3. The zero-order valence-corrected chi connectivity index (χ0v) is 21.9. The molecule has 0 atom stereocenters. The van der Waals surface area contributed by atoms with Crippen molar-refractivity contribution < 1.29 is 9.53 Å². The van der Waals surface area contributed by atoms with Crippen LogP contribution in [-0.2, 0) is 15.6 Å². The van der Waals surface area contributed by atoms with Crippen LogP contribution >= 0.6 is 15.9 Å². The van der Waals surface area contributed by atoms with Gasteiger partial charge in [0.05, 0.1) is 12.8 Å². The lowest BCUT2D eigenvalue weighted by Crippen LogP contribution is -2.21. The van der Waals surface area contributed by atoms with Gasteiger partial charge in [-0.3, -0.25) is 4.79 Å². The molecule has 0 aromatic heterocycles. The molecule has 0 saturated carbocycles. The number of nitrogens with zero attached hydrogens (tertiary/aromatic N) is 1. The number of nitrogens with one attached hydrogen (secondary N) is 1. The minimum Gasteiger partial charge on any atom is -0.493 e. The van der Waals surface area contributed by atoms with E-state index in [0.29, 0.717) is 19.4 Å². The summed E-state index contributed by atoms with van der Waals surface area (Å²) < 4.78 is 7.08. The van der Waals surface area contributed by atoms with Gasteiger partial charge in [-0.25, -0.2) is 5.43 Å². The van der Waals surface area contributed by atoms with Gasteiger partial charge in [-0.05, 0) is 47.8 Å². The molecule has 0 radical (unpaired) electrons. The Labute approximate surface area is 202 Å². The zero-order valence-electron chi connectivity index (χ0n) is 20.3. The summed E-state index contributed by atoms with van der Waals surface area (Å²) in [5.74, 6) is 0.797. The van der Waals surface area contributed by atoms with E-state index in [1.165, 1.54) is 11.1 Å². The van der Waals surface area contributed by atoms with E-state index in [1.807, 2.05) is 24.3 Å². The number of hydrogen-bond acceptors (Lipinski definition) is 3. The first kappa shape index (κ1) is 26.1. The second-order valence-corrected chi connectivity index (χ2v) is 10.3. The lowest BCUT2D eigenvalue weighted by atomic mass is 9.76. The highest BCUT2D eigenvalue weighted by atomic mass is 79.9. The normalized spacial score (nSPS) is 12.2. The number of amides is 1. The second kappa shape index (κ2) is 11.6. The molecule has 4 nitrogen and oxygen atoms in total. The van der Waals surface area contributed by atoms with Gasteiger partial charge in [0.1, 0.15) is 5.75 Å². The van der Waals surface area contributed by atoms with Crippen molar-refractivity contribution in [3.8, 4) is 5.75 Å². The molecular formula is C27H37BrN2O2. The van der Waals surface area contributed by atoms with E-state index in [1.54, 1.807) is 6.21 Å². The summed E-state index contributed by atoms with van der Waals surface area (Å²) in [5, 5.41) is 4.04. The lowest BCUT2D eigenvalue weighted by Gasteiger charge is -2.30. The van der Waals surface area contributed by atoms with Crippen molar-refractivity contribution in [2.45, 2.75) is 78.1 Å². The Kier molecular flexibility index (Phi) is 9.50. The topological polar surface area (TPSA) is 50.7 Å². The number of carbonyl (C=O) groups excluding carboxylic acids is 1. The Hall–Kier alpha value is -2.14. The Morgan fingerprint density at radius 3 is 2.41 bits per heavy atom. The van der Waals surface area contributed by atoms with Crippen LogP contribution in [0.5, 0.6) is 5.75 Å². The smallest absolute Gasteiger partial charge is 0.240 e. The van der Waals surface area contributed by atoms with Crippen LogP contribution in [0.2, 0.25) is 0 Å². The number of rotatable bonds is 11. The zero-order chi connectivity index (χ0) is 23.8. The molecule has 32 heavy (non-hydrogen) atoms. The number of ether oxygens (including phenoxy) is 1. The molecule has 2 aromatic carbocycles. The van der Waals surface area contributed by atoms with Crippen LogP contribution in [0.3, 0.4) is 0 Å². The molecule has 1 amide bonds. The molecular weight excluding hydrogens is 464 g/mol. The fourth-order valence-electron chi connectivity index (χ4n) is 3.22. The Bertz CT molecular complexity index is 935. The number of halogens is 1. The molecule has 5 heteroatoms. The minimum atomic E-state index is -0.119. The van der Waals surface area contributed by atoms with Gasteiger partial charge in [0, 0.05) is 22.0 Å². The average molecular weight is 502 g/mol. The highest BCUT2D eigenvalue weighted by molar-refractivity contribution is 9.10. The number of benzene rings is 2. The predicted molar refractivity (Wildman–Crippen MR) is 138 cm³/mol. The quantitative estimate of drug-likeness (QED) is 0.202. The number of carbonyl (C=O) groups is 1. The van der Waals surface area contributed by atoms with Crippen molar-refractivity contribution in [3.05, 3.63) is 63.6 Å². The standard InChI is InChI=1S/C27H37BrN2O2/c1-7-26(3,4)21-15-16-24(22(18-21)27(5,6)8-2)32-17-11-14-25(31)30-29-19-20-12-9-10-13-23(20)28/h9-10,12-13,15-16,18-19H,7-8,11,14,17H2,1-6H3,(H,30,31). The van der Waals surface area contributed by atoms with Crippen LogP contribution in [-0.4, -0.2) is 18.7 Å². The molecule has 0 bridgehead atoms. The van der Waals surface area contributed by atoms with Gasteiger partial charge in [0.25, 0.3) is 0 Å². The van der Waals surface area contributed by atoms with Crippen molar-refractivity contribution in [1.29, 1.82) is 0 Å². The second-order valence-electron chi connectivity index (χ2n) is 9.45. The average Bonchev–Trinajstić information content (AvgIpc) is 2.78. The van der Waals surface area contributed by atoms with Crippen molar-refractivity contribution in [2.75, 3.05) is 6.61 Å². The molecule has 0 aliphatic rings. The maximum absolute atomic E-state index is 12.1. The third kappa shape index (κ3) is 7.19. The third-order valence-electron chi connectivity index (χ3n) is 6.36. The highest BCUT2D eigenvalue weighted by Gasteiger charge is 2.26. The van der Waals surface area contributed by atoms with Crippen molar-refractivity contribution in [1.82, 2.24) is 5.43 Å². The van der Waals surface area contributed by atoms with Crippen LogP contribution in [0, 0.1) is 0 Å². The molecule has 0 heterocycles.